The summed E-state index contributed by atoms with van der Waals surface area (Å²) in [4.78, 5) is 4.26. The molecule has 17 heavy (non-hydrogen) atoms. The summed E-state index contributed by atoms with van der Waals surface area (Å²) in [5, 5.41) is 13.4. The van der Waals surface area contributed by atoms with E-state index in [1.165, 1.54) is 25.7 Å². The van der Waals surface area contributed by atoms with Crippen LogP contribution in [0.4, 0.5) is 0 Å². The van der Waals surface area contributed by atoms with Gasteiger partial charge in [-0.05, 0) is 12.8 Å². The molecule has 0 aromatic heterocycles. The van der Waals surface area contributed by atoms with Crippen molar-refractivity contribution in [2.75, 3.05) is 19.8 Å². The number of nitrogens with one attached hydrogen (secondary N) is 1. The molecule has 2 rings (SSSR count). The molecule has 1 saturated carbocycles. The second-order valence-electron chi connectivity index (χ2n) is 5.16. The Morgan fingerprint density at radius 2 is 2.00 bits per heavy atom. The first-order chi connectivity index (χ1) is 8.18. The molecule has 1 heterocycles. The predicted octanol–water partition coefficient (Wildman–Crippen LogP) is 0.375. The number of aliphatic imine (C=N–C) groups is 1. The van der Waals surface area contributed by atoms with Gasteiger partial charge >= 0.3 is 0 Å². The van der Waals surface area contributed by atoms with E-state index in [2.05, 4.69) is 10.3 Å². The van der Waals surface area contributed by atoms with Crippen molar-refractivity contribution in [2.45, 2.75) is 50.2 Å². The van der Waals surface area contributed by atoms with Gasteiger partial charge in [0, 0.05) is 32.1 Å². The molecule has 98 valence electrons. The van der Waals surface area contributed by atoms with Crippen LogP contribution in [0.2, 0.25) is 0 Å². The number of hydrogen-bond acceptors (Lipinski definition) is 3. The Bertz CT molecular complexity index is 269. The van der Waals surface area contributed by atoms with Crippen molar-refractivity contribution in [1.82, 2.24) is 5.32 Å². The first-order valence-electron chi connectivity index (χ1n) is 6.55. The lowest BCUT2D eigenvalue weighted by atomic mass is 9.95. The average molecular weight is 241 g/mol. The maximum absolute atomic E-state index is 10.2. The van der Waals surface area contributed by atoms with E-state index in [1.54, 1.807) is 0 Å². The van der Waals surface area contributed by atoms with Gasteiger partial charge in [-0.1, -0.05) is 12.8 Å². The number of hydrogen-bond donors (Lipinski definition) is 3. The van der Waals surface area contributed by atoms with Crippen molar-refractivity contribution >= 4 is 5.96 Å². The van der Waals surface area contributed by atoms with Crippen molar-refractivity contribution in [3.05, 3.63) is 0 Å². The Labute approximate surface area is 102 Å². The van der Waals surface area contributed by atoms with Gasteiger partial charge in [0.15, 0.2) is 5.96 Å². The van der Waals surface area contributed by atoms with E-state index in [0.29, 0.717) is 44.6 Å². The molecule has 0 atom stereocenters. The smallest absolute Gasteiger partial charge is 0.188 e. The summed E-state index contributed by atoms with van der Waals surface area (Å²) < 4.78 is 5.22. The highest BCUT2D eigenvalue weighted by atomic mass is 16.5. The number of aliphatic hydroxyl groups is 1. The zero-order chi connectivity index (χ0) is 12.1. The van der Waals surface area contributed by atoms with Gasteiger partial charge in [0.05, 0.1) is 12.1 Å². The predicted molar refractivity (Wildman–Crippen MR) is 66.9 cm³/mol. The molecule has 1 aliphatic carbocycles. The summed E-state index contributed by atoms with van der Waals surface area (Å²) in [6, 6.07) is 0.475. The van der Waals surface area contributed by atoms with Crippen LogP contribution in [0.5, 0.6) is 0 Å². The standard InChI is InChI=1S/C12H23N3O2/c13-11(15-10-3-1-2-4-10)14-9-12(16)5-7-17-8-6-12/h10,16H,1-9H2,(H3,13,14,15). The van der Waals surface area contributed by atoms with E-state index in [4.69, 9.17) is 10.5 Å². The Kier molecular flexibility index (Phi) is 4.23. The molecule has 0 unspecified atom stereocenters. The quantitative estimate of drug-likeness (QED) is 0.493. The first-order valence-corrected chi connectivity index (χ1v) is 6.55. The summed E-state index contributed by atoms with van der Waals surface area (Å²) in [5.74, 6) is 0.469. The van der Waals surface area contributed by atoms with E-state index in [1.807, 2.05) is 0 Å². The molecule has 0 aromatic carbocycles. The Morgan fingerprint density at radius 3 is 2.65 bits per heavy atom. The van der Waals surface area contributed by atoms with Crippen molar-refractivity contribution in [3.63, 3.8) is 0 Å². The molecule has 5 heteroatoms. The van der Waals surface area contributed by atoms with Gasteiger partial charge in [-0.2, -0.15) is 0 Å². The molecule has 1 aliphatic heterocycles. The molecule has 0 amide bonds. The second kappa shape index (κ2) is 5.69. The molecule has 0 spiro atoms. The van der Waals surface area contributed by atoms with Crippen LogP contribution in [0.25, 0.3) is 0 Å². The average Bonchev–Trinajstić information content (AvgIpc) is 2.80. The van der Waals surface area contributed by atoms with Gasteiger partial charge in [-0.25, -0.2) is 0 Å². The summed E-state index contributed by atoms with van der Waals surface area (Å²) in [7, 11) is 0. The van der Waals surface area contributed by atoms with Crippen LogP contribution in [0, 0.1) is 0 Å². The third kappa shape index (κ3) is 3.85. The maximum atomic E-state index is 10.2. The van der Waals surface area contributed by atoms with Crippen molar-refractivity contribution in [3.8, 4) is 0 Å². The van der Waals surface area contributed by atoms with Gasteiger partial charge in [0.2, 0.25) is 0 Å². The van der Waals surface area contributed by atoms with E-state index in [9.17, 15) is 5.11 Å². The van der Waals surface area contributed by atoms with Gasteiger partial charge < -0.3 is 20.9 Å². The molecular formula is C12H23N3O2. The van der Waals surface area contributed by atoms with Gasteiger partial charge in [-0.3, -0.25) is 4.99 Å². The number of ether oxygens (including phenoxy) is 1. The fourth-order valence-corrected chi connectivity index (χ4v) is 2.47. The Balaban J connectivity index is 1.77. The van der Waals surface area contributed by atoms with Crippen LogP contribution in [0.3, 0.4) is 0 Å². The monoisotopic (exact) mass is 241 g/mol. The largest absolute Gasteiger partial charge is 0.388 e. The highest BCUT2D eigenvalue weighted by Crippen LogP contribution is 2.21. The minimum Gasteiger partial charge on any atom is -0.388 e. The minimum absolute atomic E-state index is 0.377. The third-order valence-electron chi connectivity index (χ3n) is 3.67. The molecule has 2 fully saturated rings. The lowest BCUT2D eigenvalue weighted by Crippen LogP contribution is -2.42. The zero-order valence-corrected chi connectivity index (χ0v) is 10.3. The highest BCUT2D eigenvalue weighted by molar-refractivity contribution is 5.78. The number of nitrogens with two attached hydrogens (primary N) is 1. The number of rotatable bonds is 3. The second-order valence-corrected chi connectivity index (χ2v) is 5.16. The van der Waals surface area contributed by atoms with Gasteiger partial charge in [0.1, 0.15) is 0 Å². The van der Waals surface area contributed by atoms with E-state index < -0.39 is 5.60 Å². The lowest BCUT2D eigenvalue weighted by molar-refractivity contribution is -0.0565. The van der Waals surface area contributed by atoms with Crippen LogP contribution in [0.15, 0.2) is 4.99 Å². The molecule has 0 bridgehead atoms. The summed E-state index contributed by atoms with van der Waals surface area (Å²) in [6.07, 6.45) is 6.18. The minimum atomic E-state index is -0.722. The third-order valence-corrected chi connectivity index (χ3v) is 3.67. The zero-order valence-electron chi connectivity index (χ0n) is 10.3. The fraction of sp³-hybridized carbons (Fsp3) is 0.917. The van der Waals surface area contributed by atoms with Crippen LogP contribution >= 0.6 is 0 Å². The van der Waals surface area contributed by atoms with Crippen LogP contribution in [0.1, 0.15) is 38.5 Å². The molecule has 4 N–H and O–H groups in total. The van der Waals surface area contributed by atoms with Gasteiger partial charge in [0.25, 0.3) is 0 Å². The van der Waals surface area contributed by atoms with Gasteiger partial charge in [-0.15, -0.1) is 0 Å². The SMILES string of the molecule is NC(=NCC1(O)CCOCC1)NC1CCCC1. The van der Waals surface area contributed by atoms with E-state index >= 15 is 0 Å². The highest BCUT2D eigenvalue weighted by Gasteiger charge is 2.29. The van der Waals surface area contributed by atoms with Crippen LogP contribution < -0.4 is 11.1 Å². The molecular weight excluding hydrogens is 218 g/mol. The Hall–Kier alpha value is -0.810. The van der Waals surface area contributed by atoms with E-state index in [-0.39, 0.29) is 0 Å². The summed E-state index contributed by atoms with van der Waals surface area (Å²) >= 11 is 0. The first kappa shape index (κ1) is 12.6. The van der Waals surface area contributed by atoms with Crippen LogP contribution in [-0.4, -0.2) is 42.5 Å². The maximum Gasteiger partial charge on any atom is 0.188 e. The molecule has 1 saturated heterocycles. The summed E-state index contributed by atoms with van der Waals surface area (Å²) in [6.45, 7) is 1.60. The molecule has 0 aromatic rings. The Morgan fingerprint density at radius 1 is 1.35 bits per heavy atom. The molecule has 0 radical (unpaired) electrons. The summed E-state index contributed by atoms with van der Waals surface area (Å²) in [5.41, 5.74) is 5.10. The topological polar surface area (TPSA) is 79.9 Å². The van der Waals surface area contributed by atoms with Crippen LogP contribution in [-0.2, 0) is 4.74 Å². The van der Waals surface area contributed by atoms with Crippen molar-refractivity contribution in [1.29, 1.82) is 0 Å². The number of guanidine groups is 1. The normalized spacial score (nSPS) is 26.1. The fourth-order valence-electron chi connectivity index (χ4n) is 2.47. The molecule has 5 nitrogen and oxygen atoms in total. The lowest BCUT2D eigenvalue weighted by Gasteiger charge is -2.30. The molecule has 2 aliphatic rings. The van der Waals surface area contributed by atoms with E-state index in [0.717, 1.165) is 0 Å². The van der Waals surface area contributed by atoms with Crippen molar-refractivity contribution in [2.24, 2.45) is 10.7 Å². The number of nitrogens with zero attached hydrogens (tertiary/aromatic N) is 1. The van der Waals surface area contributed by atoms with Crippen molar-refractivity contribution < 1.29 is 9.84 Å².